The molecule has 2 fully saturated rings. The molecule has 2 saturated heterocycles. The summed E-state index contributed by atoms with van der Waals surface area (Å²) in [5.74, 6) is -0.0516. The molecule has 0 unspecified atom stereocenters. The lowest BCUT2D eigenvalue weighted by molar-refractivity contribution is -0.133. The first-order valence-electron chi connectivity index (χ1n) is 9.22. The number of likely N-dealkylation sites (tertiary alicyclic amines) is 2. The highest BCUT2D eigenvalue weighted by Crippen LogP contribution is 2.32. The third-order valence-electron chi connectivity index (χ3n) is 5.38. The number of benzene rings is 1. The van der Waals surface area contributed by atoms with Crippen molar-refractivity contribution in [3.63, 3.8) is 0 Å². The molecule has 0 spiro atoms. The lowest BCUT2D eigenvalue weighted by Crippen LogP contribution is -2.43. The maximum Gasteiger partial charge on any atom is 0.291 e. The van der Waals surface area contributed by atoms with Crippen LogP contribution >= 0.6 is 0 Å². The van der Waals surface area contributed by atoms with Gasteiger partial charge < -0.3 is 9.80 Å². The summed E-state index contributed by atoms with van der Waals surface area (Å²) in [6.07, 6.45) is 5.30. The van der Waals surface area contributed by atoms with Crippen LogP contribution in [0.4, 0.5) is 4.39 Å². The van der Waals surface area contributed by atoms with Gasteiger partial charge in [0.05, 0.1) is 6.04 Å². The highest BCUT2D eigenvalue weighted by atomic mass is 19.1. The van der Waals surface area contributed by atoms with E-state index in [2.05, 4.69) is 9.97 Å². The van der Waals surface area contributed by atoms with Crippen molar-refractivity contribution in [2.45, 2.75) is 31.8 Å². The largest absolute Gasteiger partial charge is 0.333 e. The fourth-order valence-corrected chi connectivity index (χ4v) is 4.09. The van der Waals surface area contributed by atoms with Crippen LogP contribution in [0.3, 0.4) is 0 Å². The number of nitrogens with zero attached hydrogens (tertiary/aromatic N) is 4. The first-order chi connectivity index (χ1) is 13.1. The van der Waals surface area contributed by atoms with Gasteiger partial charge in [0.1, 0.15) is 5.82 Å². The maximum absolute atomic E-state index is 13.6. The molecule has 0 bridgehead atoms. The van der Waals surface area contributed by atoms with Crippen LogP contribution in [0.5, 0.6) is 0 Å². The van der Waals surface area contributed by atoms with Gasteiger partial charge in [-0.15, -0.1) is 0 Å². The summed E-state index contributed by atoms with van der Waals surface area (Å²) in [5.41, 5.74) is 0.764. The van der Waals surface area contributed by atoms with Crippen molar-refractivity contribution in [1.29, 1.82) is 0 Å². The quantitative estimate of drug-likeness (QED) is 0.834. The van der Waals surface area contributed by atoms with Crippen LogP contribution < -0.4 is 0 Å². The van der Waals surface area contributed by atoms with Crippen molar-refractivity contribution in [2.24, 2.45) is 5.92 Å². The van der Waals surface area contributed by atoms with Crippen molar-refractivity contribution in [3.8, 4) is 0 Å². The molecule has 1 aromatic heterocycles. The molecule has 4 rings (SSSR count). The van der Waals surface area contributed by atoms with Crippen LogP contribution in [0, 0.1) is 11.7 Å². The maximum atomic E-state index is 13.6. The number of amides is 2. The first kappa shape index (κ1) is 17.6. The predicted molar refractivity (Wildman–Crippen MR) is 96.0 cm³/mol. The molecule has 0 N–H and O–H groups in total. The van der Waals surface area contributed by atoms with Crippen LogP contribution in [-0.2, 0) is 11.3 Å². The number of fused-ring (bicyclic) bond motifs is 1. The summed E-state index contributed by atoms with van der Waals surface area (Å²) >= 11 is 0. The second kappa shape index (κ2) is 7.42. The first-order valence-corrected chi connectivity index (χ1v) is 9.22. The zero-order valence-corrected chi connectivity index (χ0v) is 14.9. The molecule has 1 aromatic carbocycles. The average molecular weight is 368 g/mol. The molecule has 2 aliphatic rings. The summed E-state index contributed by atoms with van der Waals surface area (Å²) in [7, 11) is 0. The minimum absolute atomic E-state index is 0.0593. The standard InChI is InChI=1S/C20H21FN4O2/c21-16-6-1-4-14(10-16)11-25-17-13-24(12-15(17)5-2-7-18(25)26)20(27)19-22-8-3-9-23-19/h1,3-4,6,8-10,15,17H,2,5,7,11-13H2/t15-,17+/m1/s1. The molecule has 0 radical (unpaired) electrons. The molecular formula is C20H21FN4O2. The smallest absolute Gasteiger partial charge is 0.291 e. The van der Waals surface area contributed by atoms with Crippen molar-refractivity contribution >= 4 is 11.8 Å². The molecule has 2 atom stereocenters. The number of carbonyl (C=O) groups excluding carboxylic acids is 2. The van der Waals surface area contributed by atoms with Gasteiger partial charge in [-0.05, 0) is 42.5 Å². The van der Waals surface area contributed by atoms with Gasteiger partial charge in [-0.3, -0.25) is 9.59 Å². The molecule has 140 valence electrons. The summed E-state index contributed by atoms with van der Waals surface area (Å²) in [6.45, 7) is 1.42. The second-order valence-corrected chi connectivity index (χ2v) is 7.15. The molecule has 0 saturated carbocycles. The average Bonchev–Trinajstić information content (AvgIpc) is 3.04. The van der Waals surface area contributed by atoms with E-state index in [1.54, 1.807) is 29.4 Å². The van der Waals surface area contributed by atoms with Gasteiger partial charge in [-0.25, -0.2) is 14.4 Å². The van der Waals surface area contributed by atoms with E-state index >= 15 is 0 Å². The fourth-order valence-electron chi connectivity index (χ4n) is 4.09. The Labute approximate surface area is 157 Å². The summed E-state index contributed by atoms with van der Waals surface area (Å²) in [6, 6.07) is 7.95. The highest BCUT2D eigenvalue weighted by molar-refractivity contribution is 5.90. The minimum Gasteiger partial charge on any atom is -0.333 e. The Balaban J connectivity index is 1.55. The Morgan fingerprint density at radius 1 is 1.19 bits per heavy atom. The number of aromatic nitrogens is 2. The Hall–Kier alpha value is -2.83. The Kier molecular flexibility index (Phi) is 4.83. The molecular weight excluding hydrogens is 347 g/mol. The van der Waals surface area contributed by atoms with Gasteiger partial charge in [-0.1, -0.05) is 12.1 Å². The molecule has 2 aliphatic heterocycles. The van der Waals surface area contributed by atoms with Gasteiger partial charge in [0.2, 0.25) is 11.7 Å². The van der Waals surface area contributed by atoms with E-state index in [1.165, 1.54) is 12.1 Å². The van der Waals surface area contributed by atoms with Crippen LogP contribution in [0.15, 0.2) is 42.7 Å². The summed E-state index contributed by atoms with van der Waals surface area (Å²) < 4.78 is 13.6. The van der Waals surface area contributed by atoms with Crippen LogP contribution in [0.1, 0.15) is 35.4 Å². The predicted octanol–water partition coefficient (Wildman–Crippen LogP) is 2.27. The van der Waals surface area contributed by atoms with Crippen LogP contribution in [0.25, 0.3) is 0 Å². The molecule has 6 nitrogen and oxygen atoms in total. The SMILES string of the molecule is O=C(c1ncccn1)N1C[C@H]2CCCC(=O)N(Cc3cccc(F)c3)[C@H]2C1. The Bertz CT molecular complexity index is 845. The van der Waals surface area contributed by atoms with E-state index in [9.17, 15) is 14.0 Å². The number of hydrogen-bond acceptors (Lipinski definition) is 4. The van der Waals surface area contributed by atoms with Crippen LogP contribution in [-0.4, -0.2) is 50.7 Å². The molecule has 2 amide bonds. The number of halogens is 1. The third kappa shape index (κ3) is 3.67. The fraction of sp³-hybridized carbons (Fsp3) is 0.400. The third-order valence-corrected chi connectivity index (χ3v) is 5.38. The van der Waals surface area contributed by atoms with Gasteiger partial charge >= 0.3 is 0 Å². The molecule has 7 heteroatoms. The number of hydrogen-bond donors (Lipinski definition) is 0. The second-order valence-electron chi connectivity index (χ2n) is 7.15. The Morgan fingerprint density at radius 3 is 2.78 bits per heavy atom. The lowest BCUT2D eigenvalue weighted by atomic mass is 9.98. The summed E-state index contributed by atoms with van der Waals surface area (Å²) in [4.78, 5) is 37.1. The minimum atomic E-state index is -0.309. The van der Waals surface area contributed by atoms with Crippen molar-refractivity contribution < 1.29 is 14.0 Å². The number of rotatable bonds is 3. The van der Waals surface area contributed by atoms with E-state index < -0.39 is 0 Å². The Morgan fingerprint density at radius 2 is 2.00 bits per heavy atom. The molecule has 27 heavy (non-hydrogen) atoms. The van der Waals surface area contributed by atoms with E-state index in [-0.39, 0.29) is 35.4 Å². The van der Waals surface area contributed by atoms with E-state index in [1.807, 2.05) is 11.0 Å². The normalized spacial score (nSPS) is 22.5. The van der Waals surface area contributed by atoms with Crippen molar-refractivity contribution in [1.82, 2.24) is 19.8 Å². The van der Waals surface area contributed by atoms with Gasteiger partial charge in [0.15, 0.2) is 0 Å². The monoisotopic (exact) mass is 368 g/mol. The molecule has 2 aromatic rings. The molecule has 0 aliphatic carbocycles. The van der Waals surface area contributed by atoms with Gasteiger partial charge in [0.25, 0.3) is 5.91 Å². The van der Waals surface area contributed by atoms with Crippen LogP contribution in [0.2, 0.25) is 0 Å². The highest BCUT2D eigenvalue weighted by Gasteiger charge is 2.42. The van der Waals surface area contributed by atoms with E-state index in [4.69, 9.17) is 0 Å². The topological polar surface area (TPSA) is 66.4 Å². The van der Waals surface area contributed by atoms with E-state index in [0.29, 0.717) is 26.1 Å². The zero-order valence-electron chi connectivity index (χ0n) is 14.9. The lowest BCUT2D eigenvalue weighted by Gasteiger charge is -2.30. The van der Waals surface area contributed by atoms with Gasteiger partial charge in [-0.2, -0.15) is 0 Å². The number of carbonyl (C=O) groups is 2. The van der Waals surface area contributed by atoms with Gasteiger partial charge in [0, 0.05) is 38.4 Å². The van der Waals surface area contributed by atoms with Crippen molar-refractivity contribution in [2.75, 3.05) is 13.1 Å². The van der Waals surface area contributed by atoms with E-state index in [0.717, 1.165) is 18.4 Å². The van der Waals surface area contributed by atoms with Crippen molar-refractivity contribution in [3.05, 3.63) is 59.9 Å². The zero-order chi connectivity index (χ0) is 18.8. The molecule has 3 heterocycles. The summed E-state index contributed by atoms with van der Waals surface area (Å²) in [5, 5.41) is 0.